The minimum Gasteiger partial charge on any atom is -0.408 e. The SMILES string of the molecule is O=C(c1ccccc1)c1nnc(Sc2cccc3cccnc23)o1. The van der Waals surface area contributed by atoms with Crippen molar-refractivity contribution in [2.45, 2.75) is 10.1 Å². The van der Waals surface area contributed by atoms with Gasteiger partial charge in [-0.1, -0.05) is 48.5 Å². The predicted octanol–water partition coefficient (Wildman–Crippen LogP) is 4.00. The van der Waals surface area contributed by atoms with Crippen LogP contribution in [-0.2, 0) is 0 Å². The lowest BCUT2D eigenvalue weighted by molar-refractivity contribution is 0.0998. The minimum atomic E-state index is -0.286. The van der Waals surface area contributed by atoms with E-state index in [9.17, 15) is 4.79 Å². The summed E-state index contributed by atoms with van der Waals surface area (Å²) >= 11 is 1.30. The number of pyridine rings is 1. The molecule has 0 amide bonds. The highest BCUT2D eigenvalue weighted by Crippen LogP contribution is 2.31. The van der Waals surface area contributed by atoms with Gasteiger partial charge in [-0.05, 0) is 23.9 Å². The fourth-order valence-corrected chi connectivity index (χ4v) is 3.11. The highest BCUT2D eigenvalue weighted by Gasteiger charge is 2.17. The minimum absolute atomic E-state index is 0.0168. The van der Waals surface area contributed by atoms with Crippen molar-refractivity contribution in [1.82, 2.24) is 15.2 Å². The first-order valence-electron chi connectivity index (χ1n) is 7.26. The van der Waals surface area contributed by atoms with Gasteiger partial charge in [-0.15, -0.1) is 10.2 Å². The third-order valence-electron chi connectivity index (χ3n) is 3.43. The number of carbonyl (C=O) groups is 1. The summed E-state index contributed by atoms with van der Waals surface area (Å²) in [6, 6.07) is 18.6. The third kappa shape index (κ3) is 2.79. The van der Waals surface area contributed by atoms with Crippen LogP contribution in [0.25, 0.3) is 10.9 Å². The lowest BCUT2D eigenvalue weighted by Crippen LogP contribution is -2.00. The van der Waals surface area contributed by atoms with Crippen molar-refractivity contribution in [2.24, 2.45) is 0 Å². The van der Waals surface area contributed by atoms with Gasteiger partial charge in [0.2, 0.25) is 5.78 Å². The highest BCUT2D eigenvalue weighted by atomic mass is 32.2. The van der Waals surface area contributed by atoms with Crippen molar-refractivity contribution in [3.8, 4) is 0 Å². The first-order chi connectivity index (χ1) is 11.8. The summed E-state index contributed by atoms with van der Waals surface area (Å²) in [5, 5.41) is 9.17. The molecule has 5 nitrogen and oxygen atoms in total. The number of hydrogen-bond acceptors (Lipinski definition) is 6. The molecular formula is C18H11N3O2S. The molecule has 0 radical (unpaired) electrons. The molecule has 0 aliphatic carbocycles. The molecule has 2 heterocycles. The average molecular weight is 333 g/mol. The van der Waals surface area contributed by atoms with E-state index in [1.165, 1.54) is 11.8 Å². The second-order valence-corrected chi connectivity index (χ2v) is 5.99. The van der Waals surface area contributed by atoms with Crippen LogP contribution in [0.5, 0.6) is 0 Å². The van der Waals surface area contributed by atoms with E-state index in [2.05, 4.69) is 15.2 Å². The van der Waals surface area contributed by atoms with Crippen LogP contribution in [0.15, 0.2) is 81.4 Å². The molecule has 0 atom stereocenters. The van der Waals surface area contributed by atoms with Gasteiger partial charge in [0.1, 0.15) is 0 Å². The molecule has 0 aliphatic heterocycles. The van der Waals surface area contributed by atoms with E-state index < -0.39 is 0 Å². The zero-order chi connectivity index (χ0) is 16.4. The number of fused-ring (bicyclic) bond motifs is 1. The van der Waals surface area contributed by atoms with E-state index in [0.717, 1.165) is 15.8 Å². The molecule has 0 saturated heterocycles. The number of benzene rings is 2. The molecule has 2 aromatic carbocycles. The third-order valence-corrected chi connectivity index (χ3v) is 4.32. The molecule has 0 fully saturated rings. The molecule has 116 valence electrons. The monoisotopic (exact) mass is 333 g/mol. The van der Waals surface area contributed by atoms with Gasteiger partial charge >= 0.3 is 0 Å². The highest BCUT2D eigenvalue weighted by molar-refractivity contribution is 7.99. The number of nitrogens with zero attached hydrogens (tertiary/aromatic N) is 3. The fourth-order valence-electron chi connectivity index (χ4n) is 2.31. The number of para-hydroxylation sites is 1. The Morgan fingerprint density at radius 3 is 2.62 bits per heavy atom. The molecule has 4 rings (SSSR count). The molecule has 6 heteroatoms. The van der Waals surface area contributed by atoms with Crippen LogP contribution in [-0.4, -0.2) is 21.0 Å². The normalized spacial score (nSPS) is 10.8. The Bertz CT molecular complexity index is 1010. The maximum absolute atomic E-state index is 12.3. The number of aromatic nitrogens is 3. The van der Waals surface area contributed by atoms with Gasteiger partial charge in [0.05, 0.1) is 5.52 Å². The van der Waals surface area contributed by atoms with E-state index in [1.54, 1.807) is 30.5 Å². The van der Waals surface area contributed by atoms with Crippen molar-refractivity contribution in [2.75, 3.05) is 0 Å². The van der Waals surface area contributed by atoms with Gasteiger partial charge in [-0.3, -0.25) is 9.78 Å². The van der Waals surface area contributed by atoms with Crippen molar-refractivity contribution < 1.29 is 9.21 Å². The number of ketones is 1. The number of hydrogen-bond donors (Lipinski definition) is 0. The Morgan fingerprint density at radius 1 is 0.917 bits per heavy atom. The lowest BCUT2D eigenvalue weighted by atomic mass is 10.1. The largest absolute Gasteiger partial charge is 0.408 e. The predicted molar refractivity (Wildman–Crippen MR) is 90.0 cm³/mol. The number of carbonyl (C=O) groups excluding carboxylic acids is 1. The molecule has 0 spiro atoms. The summed E-state index contributed by atoms with van der Waals surface area (Å²) in [7, 11) is 0. The maximum Gasteiger partial charge on any atom is 0.289 e. The van der Waals surface area contributed by atoms with E-state index in [4.69, 9.17) is 4.42 Å². The van der Waals surface area contributed by atoms with Crippen molar-refractivity contribution in [1.29, 1.82) is 0 Å². The van der Waals surface area contributed by atoms with Crippen LogP contribution in [0.2, 0.25) is 0 Å². The summed E-state index contributed by atoms with van der Waals surface area (Å²) in [6.45, 7) is 0. The molecule has 0 saturated carbocycles. The fraction of sp³-hybridized carbons (Fsp3) is 0. The molecule has 0 aliphatic rings. The van der Waals surface area contributed by atoms with Crippen molar-refractivity contribution >= 4 is 28.4 Å². The number of rotatable bonds is 4. The molecule has 4 aromatic rings. The van der Waals surface area contributed by atoms with Gasteiger partial charge in [-0.25, -0.2) is 0 Å². The van der Waals surface area contributed by atoms with Crippen LogP contribution >= 0.6 is 11.8 Å². The van der Waals surface area contributed by atoms with E-state index in [-0.39, 0.29) is 11.7 Å². The first-order valence-corrected chi connectivity index (χ1v) is 8.08. The summed E-state index contributed by atoms with van der Waals surface area (Å²) in [5.74, 6) is -0.303. The van der Waals surface area contributed by atoms with Gasteiger partial charge < -0.3 is 4.42 Å². The van der Waals surface area contributed by atoms with Crippen LogP contribution in [0.4, 0.5) is 0 Å². The summed E-state index contributed by atoms with van der Waals surface area (Å²) in [5.41, 5.74) is 1.38. The first kappa shape index (κ1) is 14.6. The zero-order valence-electron chi connectivity index (χ0n) is 12.4. The lowest BCUT2D eigenvalue weighted by Gasteiger charge is -2.01. The standard InChI is InChI=1S/C18H11N3O2S/c22-16(13-6-2-1-3-7-13)17-20-21-18(23-17)24-14-10-4-8-12-9-5-11-19-15(12)14/h1-11H. The van der Waals surface area contributed by atoms with Crippen molar-refractivity contribution in [3.05, 3.63) is 78.3 Å². The Labute approximate surface area is 141 Å². The Hall–Kier alpha value is -2.99. The Balaban J connectivity index is 1.62. The van der Waals surface area contributed by atoms with E-state index in [0.29, 0.717) is 10.8 Å². The summed E-state index contributed by atoms with van der Waals surface area (Å²) in [4.78, 5) is 17.6. The maximum atomic E-state index is 12.3. The smallest absolute Gasteiger partial charge is 0.289 e. The Kier molecular flexibility index (Phi) is 3.80. The zero-order valence-corrected chi connectivity index (χ0v) is 13.2. The molecule has 24 heavy (non-hydrogen) atoms. The molecule has 0 bridgehead atoms. The Morgan fingerprint density at radius 2 is 1.75 bits per heavy atom. The average Bonchev–Trinajstić information content (AvgIpc) is 3.11. The van der Waals surface area contributed by atoms with Gasteiger partial charge in [0, 0.05) is 22.0 Å². The van der Waals surface area contributed by atoms with Crippen LogP contribution in [0, 0.1) is 0 Å². The second kappa shape index (κ2) is 6.25. The van der Waals surface area contributed by atoms with Gasteiger partial charge in [0.15, 0.2) is 0 Å². The van der Waals surface area contributed by atoms with E-state index in [1.807, 2.05) is 36.4 Å². The molecule has 0 N–H and O–H groups in total. The van der Waals surface area contributed by atoms with Crippen LogP contribution in [0.1, 0.15) is 16.2 Å². The molecule has 2 aromatic heterocycles. The summed E-state index contributed by atoms with van der Waals surface area (Å²) < 4.78 is 5.52. The van der Waals surface area contributed by atoms with Gasteiger partial charge in [0.25, 0.3) is 11.1 Å². The van der Waals surface area contributed by atoms with Crippen LogP contribution < -0.4 is 0 Å². The molecule has 0 unspecified atom stereocenters. The van der Waals surface area contributed by atoms with Gasteiger partial charge in [-0.2, -0.15) is 0 Å². The van der Waals surface area contributed by atoms with Crippen molar-refractivity contribution in [3.63, 3.8) is 0 Å². The summed E-state index contributed by atoms with van der Waals surface area (Å²) in [6.07, 6.45) is 1.74. The van der Waals surface area contributed by atoms with Crippen LogP contribution in [0.3, 0.4) is 0 Å². The molecular weight excluding hydrogens is 322 g/mol. The quantitative estimate of drug-likeness (QED) is 0.526. The topological polar surface area (TPSA) is 68.9 Å². The second-order valence-electron chi connectivity index (χ2n) is 5.00. The van der Waals surface area contributed by atoms with E-state index >= 15 is 0 Å².